The molecule has 0 unspecified atom stereocenters. The van der Waals surface area contributed by atoms with Crippen molar-refractivity contribution < 1.29 is 4.68 Å². The smallest absolute Gasteiger partial charge is 0.315 e. The van der Waals surface area contributed by atoms with Gasteiger partial charge in [-0.15, -0.1) is 5.10 Å². The third-order valence-electron chi connectivity index (χ3n) is 2.48. The van der Waals surface area contributed by atoms with Gasteiger partial charge in [-0.2, -0.15) is 10.2 Å². The summed E-state index contributed by atoms with van der Waals surface area (Å²) in [6, 6.07) is 9.69. The summed E-state index contributed by atoms with van der Waals surface area (Å²) in [5.74, 6) is -0.100. The molecule has 7 heteroatoms. The van der Waals surface area contributed by atoms with E-state index in [4.69, 9.17) is 23.1 Å². The van der Waals surface area contributed by atoms with E-state index >= 15 is 0 Å². The minimum atomic E-state index is -0.100. The van der Waals surface area contributed by atoms with E-state index in [0.29, 0.717) is 5.15 Å². The number of rotatable bonds is 3. The molecule has 0 aliphatic carbocycles. The molecule has 0 aliphatic heterocycles. The van der Waals surface area contributed by atoms with Gasteiger partial charge in [0.05, 0.1) is 11.9 Å². The standard InChI is InChI=1S/C12H13ClN6/c1-8-10(7-16-17-12(14)15)11(13)19(18-8)9-5-3-2-4-6-9/h2-7H,1H3,(H4,14,15,17)/p+1/b16-7+. The molecule has 0 spiro atoms. The highest BCUT2D eigenvalue weighted by Gasteiger charge is 2.21. The molecule has 0 saturated heterocycles. The minimum Gasteiger partial charge on any atom is -0.369 e. The average Bonchev–Trinajstić information content (AvgIpc) is 2.67. The lowest BCUT2D eigenvalue weighted by Crippen LogP contribution is -2.33. The van der Waals surface area contributed by atoms with Gasteiger partial charge in [0, 0.05) is 12.1 Å². The van der Waals surface area contributed by atoms with Crippen molar-refractivity contribution in [1.82, 2.24) is 5.10 Å². The number of nitrogens with zero attached hydrogens (tertiary/aromatic N) is 3. The van der Waals surface area contributed by atoms with Crippen LogP contribution in [0.15, 0.2) is 40.5 Å². The molecule has 0 fully saturated rings. The lowest BCUT2D eigenvalue weighted by molar-refractivity contribution is -0.653. The van der Waals surface area contributed by atoms with Crippen molar-refractivity contribution in [3.8, 4) is 5.69 Å². The van der Waals surface area contributed by atoms with Gasteiger partial charge in [0.1, 0.15) is 5.56 Å². The zero-order valence-electron chi connectivity index (χ0n) is 10.3. The summed E-state index contributed by atoms with van der Waals surface area (Å²) < 4.78 is 1.76. The van der Waals surface area contributed by atoms with Gasteiger partial charge < -0.3 is 11.5 Å². The highest BCUT2D eigenvalue weighted by atomic mass is 35.5. The summed E-state index contributed by atoms with van der Waals surface area (Å²) in [5.41, 5.74) is 12.9. The molecule has 2 rings (SSSR count). The van der Waals surface area contributed by atoms with E-state index in [1.165, 1.54) is 6.21 Å². The molecule has 19 heavy (non-hydrogen) atoms. The highest BCUT2D eigenvalue weighted by Crippen LogP contribution is 2.14. The number of aromatic nitrogens is 2. The highest BCUT2D eigenvalue weighted by molar-refractivity contribution is 6.31. The molecule has 0 radical (unpaired) electrons. The molecule has 0 aliphatic rings. The molecular formula is C12H14ClN6+. The molecule has 1 aromatic carbocycles. The number of nitrogens with two attached hydrogens (primary N) is 2. The first-order valence-corrected chi connectivity index (χ1v) is 5.95. The molecule has 1 heterocycles. The Labute approximate surface area is 115 Å². The molecule has 2 aromatic rings. The lowest BCUT2D eigenvalue weighted by atomic mass is 10.3. The van der Waals surface area contributed by atoms with E-state index in [-0.39, 0.29) is 5.96 Å². The first-order valence-electron chi connectivity index (χ1n) is 5.57. The topological polar surface area (TPSA) is 96.4 Å². The summed E-state index contributed by atoms with van der Waals surface area (Å²) >= 11 is 6.31. The van der Waals surface area contributed by atoms with Gasteiger partial charge in [0.2, 0.25) is 11.6 Å². The monoisotopic (exact) mass is 277 g/mol. The summed E-state index contributed by atoms with van der Waals surface area (Å²) in [6.45, 7) is 1.89. The Hall–Kier alpha value is -2.34. The van der Waals surface area contributed by atoms with Crippen LogP contribution >= 0.6 is 11.6 Å². The van der Waals surface area contributed by atoms with Crippen LogP contribution in [0.2, 0.25) is 5.15 Å². The fourth-order valence-electron chi connectivity index (χ4n) is 1.61. The Balaban J connectivity index is 2.41. The number of aromatic amines is 1. The predicted octanol–water partition coefficient (Wildman–Crippen LogP) is 0.861. The van der Waals surface area contributed by atoms with E-state index in [1.807, 2.05) is 37.3 Å². The third-order valence-corrected chi connectivity index (χ3v) is 2.85. The molecule has 0 saturated carbocycles. The summed E-state index contributed by atoms with van der Waals surface area (Å²) in [7, 11) is 0. The van der Waals surface area contributed by atoms with Crippen LogP contribution in [0, 0.1) is 6.92 Å². The molecule has 5 N–H and O–H groups in total. The summed E-state index contributed by atoms with van der Waals surface area (Å²) in [5, 5.41) is 11.0. The lowest BCUT2D eigenvalue weighted by Gasteiger charge is -1.90. The predicted molar refractivity (Wildman–Crippen MR) is 75.5 cm³/mol. The normalized spacial score (nSPS) is 10.8. The maximum absolute atomic E-state index is 6.31. The van der Waals surface area contributed by atoms with Crippen LogP contribution in [0.5, 0.6) is 0 Å². The number of hydrogen-bond acceptors (Lipinski definition) is 2. The molecule has 98 valence electrons. The van der Waals surface area contributed by atoms with Crippen molar-refractivity contribution in [2.75, 3.05) is 0 Å². The van der Waals surface area contributed by atoms with Crippen LogP contribution in [-0.4, -0.2) is 17.3 Å². The van der Waals surface area contributed by atoms with Gasteiger partial charge in [0.15, 0.2) is 0 Å². The second-order valence-corrected chi connectivity index (χ2v) is 4.24. The van der Waals surface area contributed by atoms with Crippen molar-refractivity contribution in [2.45, 2.75) is 6.92 Å². The Bertz CT molecular complexity index is 625. The number of nitrogens with one attached hydrogen (secondary N) is 1. The molecule has 1 aromatic heterocycles. The Morgan fingerprint density at radius 3 is 2.63 bits per heavy atom. The average molecular weight is 278 g/mol. The van der Waals surface area contributed by atoms with E-state index in [0.717, 1.165) is 16.9 Å². The van der Waals surface area contributed by atoms with Crippen molar-refractivity contribution >= 4 is 23.8 Å². The molecule has 0 atom stereocenters. The number of halogens is 1. The second kappa shape index (κ2) is 5.53. The van der Waals surface area contributed by atoms with Crippen LogP contribution in [0.3, 0.4) is 0 Å². The van der Waals surface area contributed by atoms with Crippen molar-refractivity contribution in [1.29, 1.82) is 0 Å². The van der Waals surface area contributed by atoms with Gasteiger partial charge in [-0.05, 0) is 18.5 Å². The number of H-pyrrole nitrogens is 1. The first-order chi connectivity index (χ1) is 9.09. The second-order valence-electron chi connectivity index (χ2n) is 3.88. The van der Waals surface area contributed by atoms with Gasteiger partial charge in [-0.3, -0.25) is 0 Å². The molecule has 0 bridgehead atoms. The zero-order chi connectivity index (χ0) is 13.8. The fourth-order valence-corrected chi connectivity index (χ4v) is 1.94. The van der Waals surface area contributed by atoms with Gasteiger partial charge >= 0.3 is 5.15 Å². The third kappa shape index (κ3) is 2.92. The number of aryl methyl sites for hydroxylation is 1. The van der Waals surface area contributed by atoms with E-state index < -0.39 is 0 Å². The summed E-state index contributed by atoms with van der Waals surface area (Å²) in [6.07, 6.45) is 1.51. The molecular weight excluding hydrogens is 264 g/mol. The first kappa shape index (κ1) is 13.1. The Kier molecular flexibility index (Phi) is 3.82. The van der Waals surface area contributed by atoms with Crippen LogP contribution in [0.4, 0.5) is 0 Å². The quantitative estimate of drug-likeness (QED) is 0.336. The minimum absolute atomic E-state index is 0.100. The van der Waals surface area contributed by atoms with Gasteiger partial charge in [-0.25, -0.2) is 0 Å². The number of para-hydroxylation sites is 1. The van der Waals surface area contributed by atoms with Crippen molar-refractivity contribution in [3.05, 3.63) is 46.7 Å². The number of guanidine groups is 1. The van der Waals surface area contributed by atoms with Gasteiger partial charge in [-0.1, -0.05) is 22.9 Å². The number of hydrogen-bond donors (Lipinski definition) is 3. The van der Waals surface area contributed by atoms with Crippen molar-refractivity contribution in [3.63, 3.8) is 0 Å². The SMILES string of the molecule is Cc1[nH][n+](-c2ccccc2)c(Cl)c1/C=N/N=C(N)N. The van der Waals surface area contributed by atoms with Crippen molar-refractivity contribution in [2.24, 2.45) is 21.7 Å². The van der Waals surface area contributed by atoms with E-state index in [9.17, 15) is 0 Å². The van der Waals surface area contributed by atoms with Gasteiger partial charge in [0.25, 0.3) is 0 Å². The molecule has 6 nitrogen and oxygen atoms in total. The maximum Gasteiger partial charge on any atom is 0.315 e. The molecule has 0 amide bonds. The maximum atomic E-state index is 6.31. The van der Waals surface area contributed by atoms with Crippen LogP contribution in [-0.2, 0) is 0 Å². The fraction of sp³-hybridized carbons (Fsp3) is 0.0833. The largest absolute Gasteiger partial charge is 0.369 e. The number of benzene rings is 1. The summed E-state index contributed by atoms with van der Waals surface area (Å²) in [4.78, 5) is 0. The van der Waals surface area contributed by atoms with Crippen LogP contribution in [0.25, 0.3) is 5.69 Å². The Morgan fingerprint density at radius 1 is 1.32 bits per heavy atom. The van der Waals surface area contributed by atoms with E-state index in [2.05, 4.69) is 15.3 Å². The van der Waals surface area contributed by atoms with Crippen LogP contribution < -0.4 is 16.1 Å². The van der Waals surface area contributed by atoms with E-state index in [1.54, 1.807) is 4.68 Å². The Morgan fingerprint density at radius 2 is 2.00 bits per heavy atom. The van der Waals surface area contributed by atoms with Crippen LogP contribution in [0.1, 0.15) is 11.3 Å². The zero-order valence-corrected chi connectivity index (χ0v) is 11.1.